The molecule has 0 spiro atoms. The highest BCUT2D eigenvalue weighted by atomic mass is 16.5. The van der Waals surface area contributed by atoms with E-state index in [9.17, 15) is 0 Å². The molecule has 2 heterocycles. The average Bonchev–Trinajstić information content (AvgIpc) is 2.80. The number of aromatic nitrogens is 2. The van der Waals surface area contributed by atoms with Crippen LogP contribution in [0.2, 0.25) is 0 Å². The van der Waals surface area contributed by atoms with Gasteiger partial charge in [0, 0.05) is 61.8 Å². The first-order valence-electron chi connectivity index (χ1n) is 11.9. The quantitative estimate of drug-likeness (QED) is 0.538. The number of benzene rings is 1. The summed E-state index contributed by atoms with van der Waals surface area (Å²) in [5.74, 6) is 1.73. The fourth-order valence-corrected chi connectivity index (χ4v) is 3.88. The van der Waals surface area contributed by atoms with Crippen molar-refractivity contribution in [2.75, 3.05) is 83.3 Å². The fraction of sp³-hybridized carbons (Fsp3) is 0.600. The van der Waals surface area contributed by atoms with Crippen molar-refractivity contribution in [3.63, 3.8) is 0 Å². The minimum absolute atomic E-state index is 0.784. The Morgan fingerprint density at radius 2 is 1.75 bits per heavy atom. The SMILES string of the molecule is CCN(CCN(C)C)c1ccc(-c2nc(C)c(C)c(NCCCN3CCOCC3)n2)cc1. The van der Waals surface area contributed by atoms with Gasteiger partial charge in [-0.15, -0.1) is 0 Å². The van der Waals surface area contributed by atoms with Crippen LogP contribution in [0.4, 0.5) is 11.5 Å². The van der Waals surface area contributed by atoms with Crippen molar-refractivity contribution in [2.24, 2.45) is 0 Å². The second-order valence-electron chi connectivity index (χ2n) is 8.77. The summed E-state index contributed by atoms with van der Waals surface area (Å²) in [7, 11) is 4.23. The third-order valence-electron chi connectivity index (χ3n) is 6.13. The smallest absolute Gasteiger partial charge is 0.161 e. The lowest BCUT2D eigenvalue weighted by atomic mass is 10.1. The molecule has 0 amide bonds. The number of hydrogen-bond acceptors (Lipinski definition) is 7. The van der Waals surface area contributed by atoms with Crippen molar-refractivity contribution in [1.29, 1.82) is 0 Å². The van der Waals surface area contributed by atoms with Gasteiger partial charge in [0.2, 0.25) is 0 Å². The molecule has 1 aromatic heterocycles. The van der Waals surface area contributed by atoms with Crippen molar-refractivity contribution in [1.82, 2.24) is 19.8 Å². The highest BCUT2D eigenvalue weighted by Crippen LogP contribution is 2.24. The Hall–Kier alpha value is -2.22. The third kappa shape index (κ3) is 6.89. The summed E-state index contributed by atoms with van der Waals surface area (Å²) in [6, 6.07) is 8.64. The van der Waals surface area contributed by atoms with E-state index >= 15 is 0 Å². The minimum Gasteiger partial charge on any atom is -0.379 e. The van der Waals surface area contributed by atoms with Crippen LogP contribution in [0.15, 0.2) is 24.3 Å². The molecule has 7 heteroatoms. The van der Waals surface area contributed by atoms with E-state index in [1.165, 1.54) is 5.69 Å². The van der Waals surface area contributed by atoms with Gasteiger partial charge in [-0.25, -0.2) is 9.97 Å². The highest BCUT2D eigenvalue weighted by molar-refractivity contribution is 5.63. The first-order valence-corrected chi connectivity index (χ1v) is 11.9. The average molecular weight is 441 g/mol. The van der Waals surface area contributed by atoms with Crippen molar-refractivity contribution >= 4 is 11.5 Å². The van der Waals surface area contributed by atoms with Gasteiger partial charge in [0.1, 0.15) is 5.82 Å². The molecule has 1 aliphatic heterocycles. The maximum absolute atomic E-state index is 5.43. The Morgan fingerprint density at radius 1 is 1.03 bits per heavy atom. The maximum atomic E-state index is 5.43. The van der Waals surface area contributed by atoms with Crippen molar-refractivity contribution in [3.8, 4) is 11.4 Å². The van der Waals surface area contributed by atoms with E-state index in [-0.39, 0.29) is 0 Å². The summed E-state index contributed by atoms with van der Waals surface area (Å²) in [4.78, 5) is 16.7. The molecule has 0 unspecified atom stereocenters. The van der Waals surface area contributed by atoms with Crippen LogP contribution in [0.3, 0.4) is 0 Å². The number of hydrogen-bond donors (Lipinski definition) is 1. The Labute approximate surface area is 193 Å². The first-order chi connectivity index (χ1) is 15.5. The predicted octanol–water partition coefficient (Wildman–Crippen LogP) is 3.28. The number of morpholine rings is 1. The second-order valence-corrected chi connectivity index (χ2v) is 8.77. The Kier molecular flexibility index (Phi) is 9.26. The molecule has 0 radical (unpaired) electrons. The molecule has 3 rings (SSSR count). The maximum Gasteiger partial charge on any atom is 0.161 e. The van der Waals surface area contributed by atoms with Crippen molar-refractivity contribution in [3.05, 3.63) is 35.5 Å². The van der Waals surface area contributed by atoms with Gasteiger partial charge in [-0.3, -0.25) is 4.90 Å². The van der Waals surface area contributed by atoms with Gasteiger partial charge >= 0.3 is 0 Å². The van der Waals surface area contributed by atoms with Crippen LogP contribution in [0.1, 0.15) is 24.6 Å². The lowest BCUT2D eigenvalue weighted by molar-refractivity contribution is 0.0378. The van der Waals surface area contributed by atoms with Crippen molar-refractivity contribution in [2.45, 2.75) is 27.2 Å². The van der Waals surface area contributed by atoms with Crippen LogP contribution < -0.4 is 10.2 Å². The molecule has 7 nitrogen and oxygen atoms in total. The first kappa shape index (κ1) is 24.4. The number of anilines is 2. The monoisotopic (exact) mass is 440 g/mol. The summed E-state index contributed by atoms with van der Waals surface area (Å²) in [6.45, 7) is 15.2. The van der Waals surface area contributed by atoms with Gasteiger partial charge in [0.05, 0.1) is 13.2 Å². The molecule has 32 heavy (non-hydrogen) atoms. The normalized spacial score (nSPS) is 14.7. The molecule has 1 fully saturated rings. The zero-order valence-electron chi connectivity index (χ0n) is 20.5. The molecule has 0 atom stereocenters. The molecule has 0 aliphatic carbocycles. The molecular weight excluding hydrogens is 400 g/mol. The molecule has 1 N–H and O–H groups in total. The fourth-order valence-electron chi connectivity index (χ4n) is 3.88. The summed E-state index contributed by atoms with van der Waals surface area (Å²) < 4.78 is 5.43. The lowest BCUT2D eigenvalue weighted by Crippen LogP contribution is -2.37. The summed E-state index contributed by atoms with van der Waals surface area (Å²) in [5, 5.41) is 3.55. The number of aryl methyl sites for hydroxylation is 1. The van der Waals surface area contributed by atoms with Crippen LogP contribution in [0.5, 0.6) is 0 Å². The zero-order valence-corrected chi connectivity index (χ0v) is 20.5. The molecule has 0 bridgehead atoms. The topological polar surface area (TPSA) is 56.8 Å². The second kappa shape index (κ2) is 12.1. The summed E-state index contributed by atoms with van der Waals surface area (Å²) >= 11 is 0. The van der Waals surface area contributed by atoms with E-state index in [4.69, 9.17) is 14.7 Å². The van der Waals surface area contributed by atoms with Crippen LogP contribution in [-0.2, 0) is 4.74 Å². The van der Waals surface area contributed by atoms with Gasteiger partial charge in [0.25, 0.3) is 0 Å². The summed E-state index contributed by atoms with van der Waals surface area (Å²) in [5.41, 5.74) is 4.44. The molecule has 1 aliphatic rings. The highest BCUT2D eigenvalue weighted by Gasteiger charge is 2.12. The Morgan fingerprint density at radius 3 is 2.41 bits per heavy atom. The number of rotatable bonds is 11. The number of ether oxygens (including phenoxy) is 1. The molecule has 1 saturated heterocycles. The molecule has 1 aromatic carbocycles. The van der Waals surface area contributed by atoms with E-state index in [2.05, 4.69) is 79.1 Å². The van der Waals surface area contributed by atoms with E-state index in [1.807, 2.05) is 0 Å². The van der Waals surface area contributed by atoms with E-state index < -0.39 is 0 Å². The zero-order chi connectivity index (χ0) is 22.9. The standard InChI is InChI=1S/C25H40N6O/c1-6-31(15-14-29(4)5)23-10-8-22(9-11-23)25-27-21(3)20(2)24(28-25)26-12-7-13-30-16-18-32-19-17-30/h8-11H,6-7,12-19H2,1-5H3,(H,26,27,28). The Balaban J connectivity index is 1.63. The lowest BCUT2D eigenvalue weighted by Gasteiger charge is -2.26. The van der Waals surface area contributed by atoms with Crippen LogP contribution in [0.25, 0.3) is 11.4 Å². The third-order valence-corrected chi connectivity index (χ3v) is 6.13. The predicted molar refractivity (Wildman–Crippen MR) is 134 cm³/mol. The number of nitrogens with one attached hydrogen (secondary N) is 1. The number of nitrogens with zero attached hydrogens (tertiary/aromatic N) is 5. The Bertz CT molecular complexity index is 833. The van der Waals surface area contributed by atoms with Gasteiger partial charge in [-0.1, -0.05) is 0 Å². The molecule has 2 aromatic rings. The van der Waals surface area contributed by atoms with E-state index in [1.54, 1.807) is 0 Å². The van der Waals surface area contributed by atoms with Crippen LogP contribution >= 0.6 is 0 Å². The van der Waals surface area contributed by atoms with Gasteiger partial charge < -0.3 is 19.9 Å². The van der Waals surface area contributed by atoms with Gasteiger partial charge in [-0.2, -0.15) is 0 Å². The van der Waals surface area contributed by atoms with Crippen molar-refractivity contribution < 1.29 is 4.74 Å². The molecule has 0 saturated carbocycles. The van der Waals surface area contributed by atoms with Crippen LogP contribution in [-0.4, -0.2) is 92.9 Å². The van der Waals surface area contributed by atoms with Crippen LogP contribution in [0, 0.1) is 13.8 Å². The van der Waals surface area contributed by atoms with Gasteiger partial charge in [-0.05, 0) is 72.1 Å². The number of likely N-dealkylation sites (N-methyl/N-ethyl adjacent to an activating group) is 2. The summed E-state index contributed by atoms with van der Waals surface area (Å²) in [6.07, 6.45) is 1.09. The molecule has 176 valence electrons. The van der Waals surface area contributed by atoms with Gasteiger partial charge in [0.15, 0.2) is 5.82 Å². The minimum atomic E-state index is 0.784. The van der Waals surface area contributed by atoms with E-state index in [0.717, 1.165) is 93.9 Å². The largest absolute Gasteiger partial charge is 0.379 e. The molecular formula is C25H40N6O. The van der Waals surface area contributed by atoms with E-state index in [0.29, 0.717) is 0 Å².